The predicted molar refractivity (Wildman–Crippen MR) is 89.2 cm³/mol. The molecule has 1 N–H and O–H groups in total. The maximum absolute atomic E-state index is 13.2. The van der Waals surface area contributed by atoms with Crippen molar-refractivity contribution < 1.29 is 17.6 Å². The molecule has 1 saturated heterocycles. The number of hydrogen-bond donors (Lipinski definition) is 1. The number of nitrogens with zero attached hydrogens (tertiary/aromatic N) is 1. The molecule has 1 aromatic rings. The number of piperidine rings is 1. The molecule has 132 valence electrons. The van der Waals surface area contributed by atoms with E-state index in [0.29, 0.717) is 19.4 Å². The number of hydrogen-bond acceptors (Lipinski definition) is 3. The fraction of sp³-hybridized carbons (Fsp3) is 0.588. The maximum Gasteiger partial charge on any atom is 0.225 e. The smallest absolute Gasteiger partial charge is 0.225 e. The Labute approximate surface area is 142 Å². The highest BCUT2D eigenvalue weighted by Crippen LogP contribution is 2.41. The minimum atomic E-state index is -3.27. The van der Waals surface area contributed by atoms with Gasteiger partial charge in [0.25, 0.3) is 0 Å². The van der Waals surface area contributed by atoms with Gasteiger partial charge in [-0.05, 0) is 49.8 Å². The van der Waals surface area contributed by atoms with E-state index in [9.17, 15) is 17.6 Å². The zero-order valence-electron chi connectivity index (χ0n) is 13.8. The molecule has 7 heteroatoms. The second kappa shape index (κ2) is 6.44. The molecule has 1 unspecified atom stereocenters. The first-order chi connectivity index (χ1) is 11.3. The third kappa shape index (κ3) is 3.47. The molecular weight excluding hydrogens is 331 g/mol. The number of carbonyl (C=O) groups excluding carboxylic acids is 1. The van der Waals surface area contributed by atoms with Crippen LogP contribution in [0, 0.1) is 11.7 Å². The molecule has 0 aromatic heterocycles. The Morgan fingerprint density at radius 2 is 1.92 bits per heavy atom. The van der Waals surface area contributed by atoms with Crippen LogP contribution >= 0.6 is 0 Å². The molecule has 1 saturated carbocycles. The Balaban J connectivity index is 1.72. The van der Waals surface area contributed by atoms with E-state index in [1.807, 2.05) is 0 Å². The molecule has 24 heavy (non-hydrogen) atoms. The lowest BCUT2D eigenvalue weighted by Crippen LogP contribution is -2.54. The van der Waals surface area contributed by atoms with Crippen molar-refractivity contribution in [1.82, 2.24) is 9.62 Å². The van der Waals surface area contributed by atoms with Crippen LogP contribution in [0.4, 0.5) is 4.39 Å². The average Bonchev–Trinajstić information content (AvgIpc) is 2.51. The molecule has 0 spiro atoms. The average molecular weight is 354 g/mol. The lowest BCUT2D eigenvalue weighted by atomic mass is 9.71. The van der Waals surface area contributed by atoms with Crippen LogP contribution in [0.15, 0.2) is 24.3 Å². The standard InChI is InChI=1S/C17H23FN2O3S/c1-24(22,23)20-11-2-4-13(12-20)16(21)19-17(9-3-10-17)14-5-7-15(18)8-6-14/h5-8,13H,2-4,9-12H2,1H3,(H,19,21). The van der Waals surface area contributed by atoms with E-state index >= 15 is 0 Å². The highest BCUT2D eigenvalue weighted by atomic mass is 32.2. The van der Waals surface area contributed by atoms with E-state index in [2.05, 4.69) is 5.32 Å². The number of nitrogens with one attached hydrogen (secondary N) is 1. The molecule has 3 rings (SSSR count). The fourth-order valence-corrected chi connectivity index (χ4v) is 4.49. The van der Waals surface area contributed by atoms with Crippen molar-refractivity contribution >= 4 is 15.9 Å². The van der Waals surface area contributed by atoms with Crippen LogP contribution in [-0.4, -0.2) is 38.0 Å². The van der Waals surface area contributed by atoms with Gasteiger partial charge in [-0.3, -0.25) is 4.79 Å². The molecule has 2 fully saturated rings. The third-order valence-electron chi connectivity index (χ3n) is 5.19. The summed E-state index contributed by atoms with van der Waals surface area (Å²) in [5, 5.41) is 3.12. The first kappa shape index (κ1) is 17.4. The number of sulfonamides is 1. The second-order valence-electron chi connectivity index (χ2n) is 6.89. The van der Waals surface area contributed by atoms with E-state index in [4.69, 9.17) is 0 Å². The molecule has 1 aliphatic carbocycles. The quantitative estimate of drug-likeness (QED) is 0.899. The topological polar surface area (TPSA) is 66.5 Å². The van der Waals surface area contributed by atoms with Gasteiger partial charge in [0.2, 0.25) is 15.9 Å². The van der Waals surface area contributed by atoms with Crippen LogP contribution in [0.3, 0.4) is 0 Å². The summed E-state index contributed by atoms with van der Waals surface area (Å²) in [6, 6.07) is 6.26. The van der Waals surface area contributed by atoms with Gasteiger partial charge < -0.3 is 5.32 Å². The molecule has 2 aliphatic rings. The summed E-state index contributed by atoms with van der Waals surface area (Å²) in [5.41, 5.74) is 0.484. The summed E-state index contributed by atoms with van der Waals surface area (Å²) in [7, 11) is -3.27. The first-order valence-corrected chi connectivity index (χ1v) is 10.2. The van der Waals surface area contributed by atoms with Gasteiger partial charge in [-0.2, -0.15) is 0 Å². The van der Waals surface area contributed by atoms with Crippen molar-refractivity contribution in [3.8, 4) is 0 Å². The summed E-state index contributed by atoms with van der Waals surface area (Å²) >= 11 is 0. The minimum absolute atomic E-state index is 0.104. The van der Waals surface area contributed by atoms with Gasteiger partial charge in [0, 0.05) is 13.1 Å². The van der Waals surface area contributed by atoms with Crippen LogP contribution in [0.25, 0.3) is 0 Å². The Morgan fingerprint density at radius 3 is 2.46 bits per heavy atom. The number of amides is 1. The molecule has 1 heterocycles. The summed E-state index contributed by atoms with van der Waals surface area (Å²) in [5.74, 6) is -0.727. The monoisotopic (exact) mass is 354 g/mol. The van der Waals surface area contributed by atoms with Gasteiger partial charge in [0.15, 0.2) is 0 Å². The van der Waals surface area contributed by atoms with E-state index in [0.717, 1.165) is 24.8 Å². The largest absolute Gasteiger partial charge is 0.346 e. The first-order valence-electron chi connectivity index (χ1n) is 8.33. The number of rotatable bonds is 4. The molecule has 0 radical (unpaired) electrons. The van der Waals surface area contributed by atoms with Crippen molar-refractivity contribution in [2.45, 2.75) is 37.6 Å². The van der Waals surface area contributed by atoms with Crippen molar-refractivity contribution in [1.29, 1.82) is 0 Å². The zero-order chi connectivity index (χ0) is 17.4. The van der Waals surface area contributed by atoms with Gasteiger partial charge in [0.1, 0.15) is 5.82 Å². The third-order valence-corrected chi connectivity index (χ3v) is 6.46. The number of benzene rings is 1. The zero-order valence-corrected chi connectivity index (χ0v) is 14.6. The highest BCUT2D eigenvalue weighted by molar-refractivity contribution is 7.88. The molecule has 1 aromatic carbocycles. The molecule has 5 nitrogen and oxygen atoms in total. The van der Waals surface area contributed by atoms with Gasteiger partial charge >= 0.3 is 0 Å². The van der Waals surface area contributed by atoms with Crippen LogP contribution in [-0.2, 0) is 20.4 Å². The number of halogens is 1. The molecule has 1 aliphatic heterocycles. The van der Waals surface area contributed by atoms with Crippen LogP contribution in [0.1, 0.15) is 37.7 Å². The Bertz CT molecular complexity index is 714. The SMILES string of the molecule is CS(=O)(=O)N1CCCC(C(=O)NC2(c3ccc(F)cc3)CCC2)C1. The van der Waals surface area contributed by atoms with E-state index in [-0.39, 0.29) is 24.2 Å². The number of carbonyl (C=O) groups is 1. The summed E-state index contributed by atoms with van der Waals surface area (Å²) < 4.78 is 38.0. The van der Waals surface area contributed by atoms with Gasteiger partial charge in [-0.1, -0.05) is 12.1 Å². The van der Waals surface area contributed by atoms with Gasteiger partial charge in [0.05, 0.1) is 17.7 Å². The van der Waals surface area contributed by atoms with Crippen LogP contribution < -0.4 is 5.32 Å². The summed E-state index contributed by atoms with van der Waals surface area (Å²) in [6.07, 6.45) is 5.23. The maximum atomic E-state index is 13.2. The van der Waals surface area contributed by atoms with E-state index in [1.54, 1.807) is 12.1 Å². The highest BCUT2D eigenvalue weighted by Gasteiger charge is 2.42. The lowest BCUT2D eigenvalue weighted by molar-refractivity contribution is -0.129. The molecule has 1 atom stereocenters. The lowest BCUT2D eigenvalue weighted by Gasteiger charge is -2.44. The van der Waals surface area contributed by atoms with Crippen LogP contribution in [0.2, 0.25) is 0 Å². The van der Waals surface area contributed by atoms with E-state index < -0.39 is 15.6 Å². The Morgan fingerprint density at radius 1 is 1.25 bits per heavy atom. The fourth-order valence-electron chi connectivity index (χ4n) is 3.58. The molecular formula is C17H23FN2O3S. The van der Waals surface area contributed by atoms with Crippen molar-refractivity contribution in [2.75, 3.05) is 19.3 Å². The summed E-state index contributed by atoms with van der Waals surface area (Å²) in [6.45, 7) is 0.718. The Kier molecular flexibility index (Phi) is 4.66. The normalized spacial score (nSPS) is 24.2. The van der Waals surface area contributed by atoms with E-state index in [1.165, 1.54) is 22.7 Å². The van der Waals surface area contributed by atoms with Crippen molar-refractivity contribution in [3.63, 3.8) is 0 Å². The van der Waals surface area contributed by atoms with Gasteiger partial charge in [-0.15, -0.1) is 0 Å². The predicted octanol–water partition coefficient (Wildman–Crippen LogP) is 1.99. The van der Waals surface area contributed by atoms with Crippen molar-refractivity contribution in [3.05, 3.63) is 35.6 Å². The second-order valence-corrected chi connectivity index (χ2v) is 8.87. The van der Waals surface area contributed by atoms with Crippen molar-refractivity contribution in [2.24, 2.45) is 5.92 Å². The van der Waals surface area contributed by atoms with Crippen LogP contribution in [0.5, 0.6) is 0 Å². The molecule has 1 amide bonds. The minimum Gasteiger partial charge on any atom is -0.346 e. The Hall–Kier alpha value is -1.47. The van der Waals surface area contributed by atoms with Gasteiger partial charge in [-0.25, -0.2) is 17.1 Å². The molecule has 0 bridgehead atoms. The summed E-state index contributed by atoms with van der Waals surface area (Å²) in [4.78, 5) is 12.7.